The molecule has 2 nitrogen and oxygen atoms in total. The first-order valence-corrected chi connectivity index (χ1v) is 4.97. The highest BCUT2D eigenvalue weighted by atomic mass is 15.1. The maximum atomic E-state index is 5.46. The Morgan fingerprint density at radius 3 is 2.58 bits per heavy atom. The Balaban J connectivity index is 2.24. The SMILES string of the molecule is CCCN1CCC(=CCN)CC1. The fraction of sp³-hybridized carbons (Fsp3) is 0.800. The molecular weight excluding hydrogens is 148 g/mol. The van der Waals surface area contributed by atoms with Crippen molar-refractivity contribution in [3.8, 4) is 0 Å². The van der Waals surface area contributed by atoms with E-state index in [4.69, 9.17) is 5.73 Å². The molecule has 0 unspecified atom stereocenters. The maximum absolute atomic E-state index is 5.46. The van der Waals surface area contributed by atoms with E-state index in [9.17, 15) is 0 Å². The summed E-state index contributed by atoms with van der Waals surface area (Å²) < 4.78 is 0. The first-order chi connectivity index (χ1) is 5.86. The van der Waals surface area contributed by atoms with Crippen LogP contribution in [-0.4, -0.2) is 31.1 Å². The van der Waals surface area contributed by atoms with Gasteiger partial charge in [0.1, 0.15) is 0 Å². The van der Waals surface area contributed by atoms with Gasteiger partial charge in [0, 0.05) is 19.6 Å². The maximum Gasteiger partial charge on any atom is 0.0109 e. The molecule has 0 aromatic rings. The van der Waals surface area contributed by atoms with E-state index < -0.39 is 0 Å². The van der Waals surface area contributed by atoms with Crippen molar-refractivity contribution in [1.29, 1.82) is 0 Å². The summed E-state index contributed by atoms with van der Waals surface area (Å²) in [5.41, 5.74) is 7.02. The van der Waals surface area contributed by atoms with E-state index >= 15 is 0 Å². The molecule has 0 aromatic heterocycles. The fourth-order valence-corrected chi connectivity index (χ4v) is 1.75. The molecule has 0 atom stereocenters. The third-order valence-corrected chi connectivity index (χ3v) is 2.44. The average molecular weight is 168 g/mol. The number of piperidine rings is 1. The molecule has 70 valence electrons. The Morgan fingerprint density at radius 1 is 1.42 bits per heavy atom. The lowest BCUT2D eigenvalue weighted by Crippen LogP contribution is -2.31. The summed E-state index contributed by atoms with van der Waals surface area (Å²) in [4.78, 5) is 2.54. The largest absolute Gasteiger partial charge is 0.327 e. The predicted octanol–water partition coefficient (Wildman–Crippen LogP) is 1.38. The molecule has 12 heavy (non-hydrogen) atoms. The van der Waals surface area contributed by atoms with Crippen LogP contribution in [0.15, 0.2) is 11.6 Å². The van der Waals surface area contributed by atoms with Crippen LogP contribution >= 0.6 is 0 Å². The van der Waals surface area contributed by atoms with Crippen LogP contribution in [0, 0.1) is 0 Å². The van der Waals surface area contributed by atoms with Crippen molar-refractivity contribution in [3.05, 3.63) is 11.6 Å². The topological polar surface area (TPSA) is 29.3 Å². The summed E-state index contributed by atoms with van der Waals surface area (Å²) in [5.74, 6) is 0. The lowest BCUT2D eigenvalue weighted by Gasteiger charge is -2.27. The summed E-state index contributed by atoms with van der Waals surface area (Å²) in [6, 6.07) is 0. The highest BCUT2D eigenvalue weighted by Crippen LogP contribution is 2.15. The molecule has 2 N–H and O–H groups in total. The van der Waals surface area contributed by atoms with Gasteiger partial charge >= 0.3 is 0 Å². The minimum Gasteiger partial charge on any atom is -0.327 e. The third kappa shape index (κ3) is 2.95. The van der Waals surface area contributed by atoms with Crippen molar-refractivity contribution >= 4 is 0 Å². The fourth-order valence-electron chi connectivity index (χ4n) is 1.75. The average Bonchev–Trinajstić information content (AvgIpc) is 2.09. The van der Waals surface area contributed by atoms with E-state index in [-0.39, 0.29) is 0 Å². The highest BCUT2D eigenvalue weighted by molar-refractivity contribution is 5.06. The molecule has 2 heteroatoms. The molecule has 1 aliphatic rings. The lowest BCUT2D eigenvalue weighted by atomic mass is 10.0. The zero-order valence-electron chi connectivity index (χ0n) is 8.05. The van der Waals surface area contributed by atoms with E-state index in [1.807, 2.05) is 0 Å². The summed E-state index contributed by atoms with van der Waals surface area (Å²) in [7, 11) is 0. The number of hydrogen-bond acceptors (Lipinski definition) is 2. The second-order valence-corrected chi connectivity index (χ2v) is 3.44. The van der Waals surface area contributed by atoms with E-state index in [1.165, 1.54) is 38.9 Å². The molecule has 1 rings (SSSR count). The zero-order chi connectivity index (χ0) is 8.81. The number of nitrogens with zero attached hydrogens (tertiary/aromatic N) is 1. The first kappa shape index (κ1) is 9.75. The molecule has 1 aliphatic heterocycles. The summed E-state index contributed by atoms with van der Waals surface area (Å²) >= 11 is 0. The predicted molar refractivity (Wildman–Crippen MR) is 53.1 cm³/mol. The Hall–Kier alpha value is -0.340. The lowest BCUT2D eigenvalue weighted by molar-refractivity contribution is 0.257. The normalized spacial score (nSPS) is 19.7. The van der Waals surface area contributed by atoms with Crippen molar-refractivity contribution in [1.82, 2.24) is 4.90 Å². The molecule has 0 amide bonds. The molecule has 0 bridgehead atoms. The van der Waals surface area contributed by atoms with Gasteiger partial charge in [-0.2, -0.15) is 0 Å². The van der Waals surface area contributed by atoms with Crippen LogP contribution in [0.1, 0.15) is 26.2 Å². The van der Waals surface area contributed by atoms with Gasteiger partial charge in [0.15, 0.2) is 0 Å². The monoisotopic (exact) mass is 168 g/mol. The highest BCUT2D eigenvalue weighted by Gasteiger charge is 2.11. The van der Waals surface area contributed by atoms with Gasteiger partial charge in [-0.15, -0.1) is 0 Å². The van der Waals surface area contributed by atoms with Crippen LogP contribution in [0.5, 0.6) is 0 Å². The van der Waals surface area contributed by atoms with E-state index in [2.05, 4.69) is 17.9 Å². The number of hydrogen-bond donors (Lipinski definition) is 1. The second kappa shape index (κ2) is 5.33. The van der Waals surface area contributed by atoms with Crippen LogP contribution in [0.3, 0.4) is 0 Å². The van der Waals surface area contributed by atoms with Gasteiger partial charge < -0.3 is 10.6 Å². The van der Waals surface area contributed by atoms with Gasteiger partial charge in [0.2, 0.25) is 0 Å². The first-order valence-electron chi connectivity index (χ1n) is 4.97. The van der Waals surface area contributed by atoms with Crippen molar-refractivity contribution < 1.29 is 0 Å². The molecular formula is C10H20N2. The van der Waals surface area contributed by atoms with Crippen molar-refractivity contribution in [2.45, 2.75) is 26.2 Å². The van der Waals surface area contributed by atoms with E-state index in [1.54, 1.807) is 5.57 Å². The zero-order valence-corrected chi connectivity index (χ0v) is 8.05. The van der Waals surface area contributed by atoms with Crippen molar-refractivity contribution in [3.63, 3.8) is 0 Å². The minimum atomic E-state index is 0.711. The van der Waals surface area contributed by atoms with Crippen LogP contribution in [0.25, 0.3) is 0 Å². The number of rotatable bonds is 3. The van der Waals surface area contributed by atoms with Gasteiger partial charge in [0.25, 0.3) is 0 Å². The Kier molecular flexibility index (Phi) is 4.33. The second-order valence-electron chi connectivity index (χ2n) is 3.44. The quantitative estimate of drug-likeness (QED) is 0.645. The van der Waals surface area contributed by atoms with Crippen LogP contribution < -0.4 is 5.73 Å². The molecule has 0 aromatic carbocycles. The number of nitrogens with two attached hydrogens (primary N) is 1. The summed E-state index contributed by atoms with van der Waals surface area (Å²) in [6.45, 7) is 6.68. The standard InChI is InChI=1S/C10H20N2/c1-2-7-12-8-4-10(3-6-11)5-9-12/h3H,2,4-9,11H2,1H3. The van der Waals surface area contributed by atoms with Crippen LogP contribution in [0.2, 0.25) is 0 Å². The molecule has 1 fully saturated rings. The third-order valence-electron chi connectivity index (χ3n) is 2.44. The Bertz CT molecular complexity index is 142. The molecule has 0 aliphatic carbocycles. The van der Waals surface area contributed by atoms with E-state index in [0.717, 1.165) is 0 Å². The Morgan fingerprint density at radius 2 is 2.08 bits per heavy atom. The number of likely N-dealkylation sites (tertiary alicyclic amines) is 1. The van der Waals surface area contributed by atoms with Crippen LogP contribution in [0.4, 0.5) is 0 Å². The van der Waals surface area contributed by atoms with Gasteiger partial charge in [-0.25, -0.2) is 0 Å². The Labute approximate surface area is 75.4 Å². The van der Waals surface area contributed by atoms with Crippen molar-refractivity contribution in [2.75, 3.05) is 26.2 Å². The molecule has 0 saturated carbocycles. The molecule has 0 radical (unpaired) electrons. The van der Waals surface area contributed by atoms with Gasteiger partial charge in [-0.1, -0.05) is 18.6 Å². The smallest absolute Gasteiger partial charge is 0.0109 e. The van der Waals surface area contributed by atoms with Crippen molar-refractivity contribution in [2.24, 2.45) is 5.73 Å². The minimum absolute atomic E-state index is 0.711. The molecule has 1 saturated heterocycles. The summed E-state index contributed by atoms with van der Waals surface area (Å²) in [5, 5.41) is 0. The van der Waals surface area contributed by atoms with E-state index in [0.29, 0.717) is 6.54 Å². The summed E-state index contributed by atoms with van der Waals surface area (Å²) in [6.07, 6.45) is 5.92. The molecule has 0 spiro atoms. The van der Waals surface area contributed by atoms with Gasteiger partial charge in [-0.3, -0.25) is 0 Å². The van der Waals surface area contributed by atoms with Gasteiger partial charge in [0.05, 0.1) is 0 Å². The van der Waals surface area contributed by atoms with Crippen LogP contribution in [-0.2, 0) is 0 Å². The van der Waals surface area contributed by atoms with Gasteiger partial charge in [-0.05, 0) is 25.8 Å². The molecule has 1 heterocycles.